The number of hydrogen-bond donors (Lipinski definition) is 3. The Morgan fingerprint density at radius 1 is 1.47 bits per heavy atom. The van der Waals surface area contributed by atoms with Crippen molar-refractivity contribution in [1.82, 2.24) is 0 Å². The third-order valence-corrected chi connectivity index (χ3v) is 4.09. The summed E-state index contributed by atoms with van der Waals surface area (Å²) in [6.07, 6.45) is 2.31. The van der Waals surface area contributed by atoms with E-state index in [1.165, 1.54) is 12.2 Å². The van der Waals surface area contributed by atoms with Crippen LogP contribution in [0.5, 0.6) is 0 Å². The minimum Gasteiger partial charge on any atom is -0.397 e. The summed E-state index contributed by atoms with van der Waals surface area (Å²) in [4.78, 5) is 11.3. The molecule has 1 fully saturated rings. The molecule has 0 bridgehead atoms. The summed E-state index contributed by atoms with van der Waals surface area (Å²) in [5.41, 5.74) is 13.0. The molecule has 1 heterocycles. The van der Waals surface area contributed by atoms with Crippen molar-refractivity contribution in [1.29, 1.82) is 0 Å². The standard InChI is InChI=1S/C12H17N3OS/c13-10-5-1-4-9(12(14)16)11(10)15-8-3-2-6-17-7-8/h1,4-5,8,15H,2-3,6-7,13H2,(H2,14,16). The third kappa shape index (κ3) is 2.85. The van der Waals surface area contributed by atoms with Gasteiger partial charge in [-0.3, -0.25) is 4.79 Å². The second kappa shape index (κ2) is 5.31. The average molecular weight is 251 g/mol. The van der Waals surface area contributed by atoms with E-state index in [4.69, 9.17) is 11.5 Å². The van der Waals surface area contributed by atoms with E-state index in [0.29, 0.717) is 23.0 Å². The van der Waals surface area contributed by atoms with Crippen molar-refractivity contribution in [2.45, 2.75) is 18.9 Å². The number of anilines is 2. The Morgan fingerprint density at radius 3 is 2.94 bits per heavy atom. The number of primary amides is 1. The van der Waals surface area contributed by atoms with Gasteiger partial charge in [0.15, 0.2) is 0 Å². The smallest absolute Gasteiger partial charge is 0.250 e. The van der Waals surface area contributed by atoms with Gasteiger partial charge in [0.2, 0.25) is 0 Å². The largest absolute Gasteiger partial charge is 0.397 e. The lowest BCUT2D eigenvalue weighted by Crippen LogP contribution is -2.28. The van der Waals surface area contributed by atoms with E-state index in [-0.39, 0.29) is 0 Å². The number of hydrogen-bond acceptors (Lipinski definition) is 4. The number of rotatable bonds is 3. The van der Waals surface area contributed by atoms with Crippen molar-refractivity contribution in [3.63, 3.8) is 0 Å². The number of thioether (sulfide) groups is 1. The molecule has 1 aliphatic rings. The molecule has 2 rings (SSSR count). The quantitative estimate of drug-likeness (QED) is 0.714. The van der Waals surface area contributed by atoms with Crippen molar-refractivity contribution in [3.05, 3.63) is 23.8 Å². The first-order valence-corrected chi connectivity index (χ1v) is 6.86. The Labute approximate surface area is 105 Å². The molecule has 1 aromatic rings. The zero-order valence-electron chi connectivity index (χ0n) is 9.61. The van der Waals surface area contributed by atoms with Crippen molar-refractivity contribution >= 4 is 29.0 Å². The number of carbonyl (C=O) groups excluding carboxylic acids is 1. The lowest BCUT2D eigenvalue weighted by Gasteiger charge is -2.25. The van der Waals surface area contributed by atoms with Crippen LogP contribution < -0.4 is 16.8 Å². The van der Waals surface area contributed by atoms with E-state index in [1.807, 2.05) is 11.8 Å². The fourth-order valence-electron chi connectivity index (χ4n) is 2.00. The summed E-state index contributed by atoms with van der Waals surface area (Å²) in [5.74, 6) is 1.82. The summed E-state index contributed by atoms with van der Waals surface area (Å²) in [7, 11) is 0. The molecular weight excluding hydrogens is 234 g/mol. The van der Waals surface area contributed by atoms with Crippen LogP contribution in [0.2, 0.25) is 0 Å². The van der Waals surface area contributed by atoms with Crippen LogP contribution in [0.15, 0.2) is 18.2 Å². The maximum Gasteiger partial charge on any atom is 0.250 e. The minimum atomic E-state index is -0.441. The van der Waals surface area contributed by atoms with Gasteiger partial charge in [0, 0.05) is 11.8 Å². The van der Waals surface area contributed by atoms with E-state index in [1.54, 1.807) is 18.2 Å². The summed E-state index contributed by atoms with van der Waals surface area (Å²) in [5, 5.41) is 3.35. The van der Waals surface area contributed by atoms with Crippen LogP contribution in [-0.4, -0.2) is 23.5 Å². The summed E-state index contributed by atoms with van der Waals surface area (Å²) < 4.78 is 0. The Hall–Kier alpha value is -1.36. The maximum atomic E-state index is 11.3. The fourth-order valence-corrected chi connectivity index (χ4v) is 3.07. The summed E-state index contributed by atoms with van der Waals surface area (Å²) in [6, 6.07) is 5.61. The van der Waals surface area contributed by atoms with Crippen molar-refractivity contribution in [3.8, 4) is 0 Å². The molecule has 1 aliphatic heterocycles. The van der Waals surface area contributed by atoms with Crippen LogP contribution in [0.25, 0.3) is 0 Å². The second-order valence-corrected chi connectivity index (χ2v) is 5.34. The summed E-state index contributed by atoms with van der Waals surface area (Å²) in [6.45, 7) is 0. The van der Waals surface area contributed by atoms with Crippen LogP contribution in [0.1, 0.15) is 23.2 Å². The van der Waals surface area contributed by atoms with Crippen LogP contribution in [0.4, 0.5) is 11.4 Å². The molecule has 0 spiro atoms. The van der Waals surface area contributed by atoms with Crippen LogP contribution in [0.3, 0.4) is 0 Å². The Kier molecular flexibility index (Phi) is 3.78. The molecule has 1 amide bonds. The van der Waals surface area contributed by atoms with Crippen molar-refractivity contribution < 1.29 is 4.79 Å². The van der Waals surface area contributed by atoms with Gasteiger partial charge in [0.25, 0.3) is 5.91 Å². The highest BCUT2D eigenvalue weighted by molar-refractivity contribution is 7.99. The first-order valence-electron chi connectivity index (χ1n) is 5.71. The molecule has 0 radical (unpaired) electrons. The van der Waals surface area contributed by atoms with Gasteiger partial charge < -0.3 is 16.8 Å². The number of para-hydroxylation sites is 1. The molecule has 5 N–H and O–H groups in total. The molecule has 4 nitrogen and oxygen atoms in total. The average Bonchev–Trinajstić information content (AvgIpc) is 2.33. The number of nitrogens with two attached hydrogens (primary N) is 2. The Morgan fingerprint density at radius 2 is 2.29 bits per heavy atom. The molecule has 1 atom stereocenters. The molecule has 92 valence electrons. The van der Waals surface area contributed by atoms with Gasteiger partial charge in [-0.1, -0.05) is 6.07 Å². The monoisotopic (exact) mass is 251 g/mol. The molecule has 17 heavy (non-hydrogen) atoms. The lowest BCUT2D eigenvalue weighted by atomic mass is 10.1. The van der Waals surface area contributed by atoms with Gasteiger partial charge in [-0.15, -0.1) is 0 Å². The summed E-state index contributed by atoms with van der Waals surface area (Å²) >= 11 is 1.92. The molecule has 1 saturated heterocycles. The topological polar surface area (TPSA) is 81.1 Å². The van der Waals surface area contributed by atoms with E-state index in [0.717, 1.165) is 12.2 Å². The zero-order chi connectivity index (χ0) is 12.3. The SMILES string of the molecule is NC(=O)c1cccc(N)c1NC1CCCSC1. The van der Waals surface area contributed by atoms with Crippen LogP contribution in [0, 0.1) is 0 Å². The minimum absolute atomic E-state index is 0.372. The fraction of sp³-hybridized carbons (Fsp3) is 0.417. The number of benzene rings is 1. The predicted molar refractivity (Wildman–Crippen MR) is 73.3 cm³/mol. The molecule has 1 aromatic carbocycles. The zero-order valence-corrected chi connectivity index (χ0v) is 10.4. The Balaban J connectivity index is 2.21. The first-order chi connectivity index (χ1) is 8.18. The van der Waals surface area contributed by atoms with Gasteiger partial charge in [0.05, 0.1) is 16.9 Å². The van der Waals surface area contributed by atoms with Gasteiger partial charge in [-0.25, -0.2) is 0 Å². The number of nitrogen functional groups attached to an aromatic ring is 1. The predicted octanol–water partition coefficient (Wildman–Crippen LogP) is 1.68. The second-order valence-electron chi connectivity index (χ2n) is 4.19. The van der Waals surface area contributed by atoms with E-state index < -0.39 is 5.91 Å². The van der Waals surface area contributed by atoms with E-state index >= 15 is 0 Å². The molecule has 0 saturated carbocycles. The van der Waals surface area contributed by atoms with E-state index in [2.05, 4.69) is 5.32 Å². The lowest BCUT2D eigenvalue weighted by molar-refractivity contribution is 0.100. The first kappa shape index (κ1) is 12.1. The van der Waals surface area contributed by atoms with Crippen molar-refractivity contribution in [2.24, 2.45) is 5.73 Å². The van der Waals surface area contributed by atoms with Crippen LogP contribution in [-0.2, 0) is 0 Å². The van der Waals surface area contributed by atoms with Crippen LogP contribution >= 0.6 is 11.8 Å². The van der Waals surface area contributed by atoms with Gasteiger partial charge in [-0.05, 0) is 30.7 Å². The molecular formula is C12H17N3OS. The van der Waals surface area contributed by atoms with E-state index in [9.17, 15) is 4.79 Å². The molecule has 0 aromatic heterocycles. The van der Waals surface area contributed by atoms with Gasteiger partial charge in [-0.2, -0.15) is 11.8 Å². The molecule has 1 unspecified atom stereocenters. The molecule has 5 heteroatoms. The normalized spacial score (nSPS) is 19.9. The third-order valence-electron chi connectivity index (χ3n) is 2.87. The Bertz CT molecular complexity index is 416. The van der Waals surface area contributed by atoms with Gasteiger partial charge in [0.1, 0.15) is 0 Å². The maximum absolute atomic E-state index is 11.3. The highest BCUT2D eigenvalue weighted by Crippen LogP contribution is 2.27. The number of nitrogens with one attached hydrogen (secondary N) is 1. The van der Waals surface area contributed by atoms with Crippen molar-refractivity contribution in [2.75, 3.05) is 22.6 Å². The van der Waals surface area contributed by atoms with Gasteiger partial charge >= 0.3 is 0 Å². The number of carbonyl (C=O) groups is 1. The highest BCUT2D eigenvalue weighted by Gasteiger charge is 2.17. The highest BCUT2D eigenvalue weighted by atomic mass is 32.2. The number of amides is 1. The molecule has 0 aliphatic carbocycles.